The van der Waals surface area contributed by atoms with E-state index in [0.717, 1.165) is 48.7 Å². The van der Waals surface area contributed by atoms with Crippen molar-refractivity contribution in [1.29, 1.82) is 0 Å². The van der Waals surface area contributed by atoms with Crippen molar-refractivity contribution in [3.8, 4) is 0 Å². The predicted octanol–water partition coefficient (Wildman–Crippen LogP) is 5.90. The van der Waals surface area contributed by atoms with E-state index in [1.165, 1.54) is 16.7 Å². The maximum atomic E-state index is 4.82. The number of nitrogens with one attached hydrogen (secondary N) is 1. The molecule has 1 aliphatic heterocycles. The third-order valence-corrected chi connectivity index (χ3v) is 4.68. The number of benzene rings is 2. The van der Waals surface area contributed by atoms with Gasteiger partial charge in [0.2, 0.25) is 0 Å². The molecule has 0 amide bonds. The fourth-order valence-corrected chi connectivity index (χ4v) is 2.97. The Morgan fingerprint density at radius 3 is 1.77 bits per heavy atom. The highest BCUT2D eigenvalue weighted by Crippen LogP contribution is 2.20. The fourth-order valence-electron chi connectivity index (χ4n) is 2.97. The third-order valence-electron chi connectivity index (χ3n) is 4.68. The molecule has 0 bridgehead atoms. The van der Waals surface area contributed by atoms with Crippen LogP contribution >= 0.6 is 0 Å². The van der Waals surface area contributed by atoms with Crippen LogP contribution in [0.3, 0.4) is 0 Å². The topological polar surface area (TPSA) is 36.8 Å². The van der Waals surface area contributed by atoms with E-state index < -0.39 is 0 Å². The lowest BCUT2D eigenvalue weighted by Crippen LogP contribution is -2.34. The Balaban J connectivity index is 1.84. The van der Waals surface area contributed by atoms with Gasteiger partial charge in [-0.05, 0) is 60.2 Å². The number of hydrogen-bond donors (Lipinski definition) is 1. The molecule has 0 saturated carbocycles. The summed E-state index contributed by atoms with van der Waals surface area (Å²) in [4.78, 5) is 9.58. The van der Waals surface area contributed by atoms with Crippen molar-refractivity contribution in [3.63, 3.8) is 0 Å². The average Bonchev–Trinajstić information content (AvgIpc) is 2.69. The van der Waals surface area contributed by atoms with Gasteiger partial charge >= 0.3 is 0 Å². The van der Waals surface area contributed by atoms with Crippen molar-refractivity contribution in [1.82, 2.24) is 5.32 Å². The van der Waals surface area contributed by atoms with Gasteiger partial charge in [0.15, 0.2) is 0 Å². The second-order valence-corrected chi connectivity index (χ2v) is 6.47. The normalized spacial score (nSPS) is 17.3. The molecule has 0 saturated heterocycles. The van der Waals surface area contributed by atoms with E-state index in [4.69, 9.17) is 9.98 Å². The SMILES string of the molecule is CCC1=CCC(=Nc2ccc(CC)cc2)NC1=Nc1ccc(CC)cc1. The minimum absolute atomic E-state index is 0.812. The van der Waals surface area contributed by atoms with E-state index in [1.807, 2.05) is 0 Å². The van der Waals surface area contributed by atoms with Crippen molar-refractivity contribution in [2.75, 3.05) is 0 Å². The molecular weight excluding hydrogens is 318 g/mol. The van der Waals surface area contributed by atoms with Crippen LogP contribution in [0.2, 0.25) is 0 Å². The van der Waals surface area contributed by atoms with Crippen LogP contribution in [-0.2, 0) is 12.8 Å². The van der Waals surface area contributed by atoms with Gasteiger partial charge in [0.25, 0.3) is 0 Å². The lowest BCUT2D eigenvalue weighted by atomic mass is 10.1. The van der Waals surface area contributed by atoms with Gasteiger partial charge in [-0.1, -0.05) is 51.1 Å². The summed E-state index contributed by atoms with van der Waals surface area (Å²) >= 11 is 0. The van der Waals surface area contributed by atoms with E-state index in [2.05, 4.69) is 80.7 Å². The maximum absolute atomic E-state index is 4.82. The molecule has 0 fully saturated rings. The first kappa shape index (κ1) is 18.1. The van der Waals surface area contributed by atoms with Crippen LogP contribution in [0.5, 0.6) is 0 Å². The molecule has 1 N–H and O–H groups in total. The van der Waals surface area contributed by atoms with Crippen molar-refractivity contribution < 1.29 is 0 Å². The summed E-state index contributed by atoms with van der Waals surface area (Å²) in [5.41, 5.74) is 5.85. The molecular formula is C23H27N3. The van der Waals surface area contributed by atoms with Crippen molar-refractivity contribution in [3.05, 3.63) is 71.3 Å². The van der Waals surface area contributed by atoms with E-state index in [-0.39, 0.29) is 0 Å². The molecule has 1 aliphatic rings. The Morgan fingerprint density at radius 1 is 0.731 bits per heavy atom. The summed E-state index contributed by atoms with van der Waals surface area (Å²) in [5.74, 6) is 1.85. The molecule has 134 valence electrons. The fraction of sp³-hybridized carbons (Fsp3) is 0.304. The summed E-state index contributed by atoms with van der Waals surface area (Å²) in [6, 6.07) is 16.9. The van der Waals surface area contributed by atoms with Crippen LogP contribution in [0.15, 0.2) is 70.2 Å². The second kappa shape index (κ2) is 8.61. The van der Waals surface area contributed by atoms with Crippen molar-refractivity contribution in [2.45, 2.75) is 46.5 Å². The number of hydrogen-bond acceptors (Lipinski definition) is 2. The van der Waals surface area contributed by atoms with Crippen LogP contribution in [0.4, 0.5) is 11.4 Å². The smallest absolute Gasteiger partial charge is 0.134 e. The lowest BCUT2D eigenvalue weighted by molar-refractivity contribution is 1.08. The third kappa shape index (κ3) is 4.48. The molecule has 1 heterocycles. The summed E-state index contributed by atoms with van der Waals surface area (Å²) in [5, 5.41) is 3.44. The van der Waals surface area contributed by atoms with Crippen LogP contribution in [-0.4, -0.2) is 11.7 Å². The Bertz CT molecular complexity index is 825. The van der Waals surface area contributed by atoms with Crippen LogP contribution in [0.1, 0.15) is 44.7 Å². The van der Waals surface area contributed by atoms with Gasteiger partial charge in [0.1, 0.15) is 11.7 Å². The molecule has 3 heteroatoms. The van der Waals surface area contributed by atoms with Gasteiger partial charge in [-0.3, -0.25) is 0 Å². The molecule has 3 rings (SSSR count). The molecule has 2 aromatic carbocycles. The maximum Gasteiger partial charge on any atom is 0.134 e. The van der Waals surface area contributed by atoms with Gasteiger partial charge in [0.05, 0.1) is 11.4 Å². The molecule has 0 atom stereocenters. The van der Waals surface area contributed by atoms with Crippen molar-refractivity contribution in [2.24, 2.45) is 9.98 Å². The summed E-state index contributed by atoms with van der Waals surface area (Å²) in [7, 11) is 0. The lowest BCUT2D eigenvalue weighted by Gasteiger charge is -2.19. The zero-order chi connectivity index (χ0) is 18.4. The molecule has 0 unspecified atom stereocenters. The van der Waals surface area contributed by atoms with Gasteiger partial charge in [0, 0.05) is 6.42 Å². The highest BCUT2D eigenvalue weighted by Gasteiger charge is 2.14. The van der Waals surface area contributed by atoms with Gasteiger partial charge in [-0.25, -0.2) is 9.98 Å². The number of rotatable bonds is 5. The standard InChI is InChI=1S/C23H27N3/c1-4-17-7-12-20(13-8-17)24-22-16-11-19(6-3)23(26-22)25-21-14-9-18(5-2)10-15-21/h7-15H,4-6,16H2,1-3H3,(H,24,25,26). The number of amidine groups is 2. The monoisotopic (exact) mass is 345 g/mol. The Morgan fingerprint density at radius 2 is 1.27 bits per heavy atom. The predicted molar refractivity (Wildman–Crippen MR) is 112 cm³/mol. The number of aliphatic imine (C=N–C) groups is 2. The molecule has 2 aromatic rings. The molecule has 0 spiro atoms. The zero-order valence-electron chi connectivity index (χ0n) is 15.9. The van der Waals surface area contributed by atoms with Crippen LogP contribution in [0, 0.1) is 0 Å². The molecule has 26 heavy (non-hydrogen) atoms. The van der Waals surface area contributed by atoms with E-state index in [1.54, 1.807) is 0 Å². The van der Waals surface area contributed by atoms with Gasteiger partial charge in [-0.15, -0.1) is 0 Å². The quantitative estimate of drug-likeness (QED) is 0.719. The van der Waals surface area contributed by atoms with Crippen LogP contribution in [0.25, 0.3) is 0 Å². The van der Waals surface area contributed by atoms with E-state index >= 15 is 0 Å². The second-order valence-electron chi connectivity index (χ2n) is 6.47. The van der Waals surface area contributed by atoms with Gasteiger partial charge < -0.3 is 5.32 Å². The Labute approximate surface area is 156 Å². The first-order valence-corrected chi connectivity index (χ1v) is 9.52. The summed E-state index contributed by atoms with van der Waals surface area (Å²) in [6.07, 6.45) is 6.09. The molecule has 0 radical (unpaired) electrons. The average molecular weight is 345 g/mol. The Kier molecular flexibility index (Phi) is 6.00. The molecule has 0 aromatic heterocycles. The highest BCUT2D eigenvalue weighted by molar-refractivity contribution is 6.13. The van der Waals surface area contributed by atoms with E-state index in [0.29, 0.717) is 0 Å². The van der Waals surface area contributed by atoms with Gasteiger partial charge in [-0.2, -0.15) is 0 Å². The molecule has 3 nitrogen and oxygen atoms in total. The minimum atomic E-state index is 0.812. The van der Waals surface area contributed by atoms with Crippen molar-refractivity contribution >= 4 is 23.0 Å². The first-order chi connectivity index (χ1) is 12.7. The van der Waals surface area contributed by atoms with E-state index in [9.17, 15) is 0 Å². The highest BCUT2D eigenvalue weighted by atomic mass is 15.1. The molecule has 0 aliphatic carbocycles. The first-order valence-electron chi connectivity index (χ1n) is 9.52. The Hall–Kier alpha value is -2.68. The number of aryl methyl sites for hydroxylation is 2. The zero-order valence-corrected chi connectivity index (χ0v) is 15.9. The summed E-state index contributed by atoms with van der Waals surface area (Å²) in [6.45, 7) is 6.49. The minimum Gasteiger partial charge on any atom is -0.328 e. The summed E-state index contributed by atoms with van der Waals surface area (Å²) < 4.78 is 0. The van der Waals surface area contributed by atoms with Crippen LogP contribution < -0.4 is 5.32 Å². The number of nitrogens with zero attached hydrogens (tertiary/aromatic N) is 2. The largest absolute Gasteiger partial charge is 0.328 e.